The van der Waals surface area contributed by atoms with Gasteiger partial charge in [0, 0.05) is 10.6 Å². The number of halogens is 2. The third kappa shape index (κ3) is 3.59. The van der Waals surface area contributed by atoms with Gasteiger partial charge in [-0.1, -0.05) is 41.4 Å². The molecule has 1 heterocycles. The minimum absolute atomic E-state index is 0.238. The lowest BCUT2D eigenvalue weighted by Crippen LogP contribution is -2.32. The van der Waals surface area contributed by atoms with Crippen molar-refractivity contribution in [2.75, 3.05) is 4.90 Å². The Labute approximate surface area is 167 Å². The van der Waals surface area contributed by atoms with Crippen LogP contribution >= 0.6 is 11.6 Å². The van der Waals surface area contributed by atoms with E-state index in [4.69, 9.17) is 11.6 Å². The van der Waals surface area contributed by atoms with Crippen molar-refractivity contribution in [3.05, 3.63) is 106 Å². The van der Waals surface area contributed by atoms with Crippen LogP contribution in [-0.4, -0.2) is 11.7 Å². The van der Waals surface area contributed by atoms with Gasteiger partial charge in [-0.05, 0) is 67.1 Å². The largest absolute Gasteiger partial charge is 0.282 e. The van der Waals surface area contributed by atoms with Crippen LogP contribution in [0.5, 0.6) is 0 Å². The van der Waals surface area contributed by atoms with Gasteiger partial charge in [-0.15, -0.1) is 0 Å². The number of rotatable bonds is 3. The number of nitrogens with zero attached hydrogens (tertiary/aromatic N) is 2. The first kappa shape index (κ1) is 18.1. The molecule has 0 aromatic heterocycles. The lowest BCUT2D eigenvalue weighted by molar-refractivity contribution is -0.113. The van der Waals surface area contributed by atoms with Crippen LogP contribution in [0.1, 0.15) is 16.7 Å². The van der Waals surface area contributed by atoms with Gasteiger partial charge in [-0.3, -0.25) is 9.69 Å². The molecule has 1 amide bonds. The summed E-state index contributed by atoms with van der Waals surface area (Å²) < 4.78 is 13.2. The third-order valence-electron chi connectivity index (χ3n) is 4.43. The van der Waals surface area contributed by atoms with Crippen LogP contribution in [0.15, 0.2) is 83.5 Å². The number of carbonyl (C=O) groups excluding carboxylic acids is 1. The van der Waals surface area contributed by atoms with Crippen LogP contribution < -0.4 is 4.90 Å². The second kappa shape index (κ2) is 7.41. The van der Waals surface area contributed by atoms with Crippen LogP contribution in [-0.2, 0) is 4.79 Å². The van der Waals surface area contributed by atoms with Gasteiger partial charge in [0.25, 0.3) is 5.91 Å². The van der Waals surface area contributed by atoms with Gasteiger partial charge >= 0.3 is 0 Å². The van der Waals surface area contributed by atoms with Crippen molar-refractivity contribution in [2.45, 2.75) is 6.92 Å². The van der Waals surface area contributed by atoms with Crippen LogP contribution in [0.3, 0.4) is 0 Å². The number of amidine groups is 1. The highest BCUT2D eigenvalue weighted by atomic mass is 35.5. The molecule has 0 fully saturated rings. The summed E-state index contributed by atoms with van der Waals surface area (Å²) in [6.45, 7) is 1.99. The summed E-state index contributed by atoms with van der Waals surface area (Å²) in [5, 5.41) is 0.609. The zero-order valence-electron chi connectivity index (χ0n) is 15.1. The van der Waals surface area contributed by atoms with E-state index < -0.39 is 0 Å². The van der Waals surface area contributed by atoms with E-state index in [9.17, 15) is 9.18 Å². The van der Waals surface area contributed by atoms with Crippen LogP contribution in [0.2, 0.25) is 5.02 Å². The molecule has 138 valence electrons. The minimum atomic E-state index is -0.327. The monoisotopic (exact) mass is 390 g/mol. The van der Waals surface area contributed by atoms with Crippen molar-refractivity contribution in [1.29, 1.82) is 0 Å². The molecule has 28 heavy (non-hydrogen) atoms. The first-order valence-electron chi connectivity index (χ1n) is 8.74. The maximum absolute atomic E-state index is 13.2. The average molecular weight is 391 g/mol. The maximum Gasteiger partial charge on any atom is 0.282 e. The summed E-state index contributed by atoms with van der Waals surface area (Å²) in [7, 11) is 0. The number of aryl methyl sites for hydroxylation is 1. The van der Waals surface area contributed by atoms with Crippen molar-refractivity contribution in [1.82, 2.24) is 0 Å². The van der Waals surface area contributed by atoms with E-state index in [0.717, 1.165) is 16.8 Å². The summed E-state index contributed by atoms with van der Waals surface area (Å²) in [5.74, 6) is -0.0384. The fourth-order valence-corrected chi connectivity index (χ4v) is 3.09. The van der Waals surface area contributed by atoms with Gasteiger partial charge in [-0.2, -0.15) is 0 Å². The smallest absolute Gasteiger partial charge is 0.266 e. The molecule has 5 heteroatoms. The van der Waals surface area contributed by atoms with Crippen molar-refractivity contribution < 1.29 is 9.18 Å². The second-order valence-corrected chi connectivity index (χ2v) is 6.94. The predicted molar refractivity (Wildman–Crippen MR) is 111 cm³/mol. The second-order valence-electron chi connectivity index (χ2n) is 6.50. The Balaban J connectivity index is 1.81. The molecule has 3 aromatic rings. The highest BCUT2D eigenvalue weighted by Crippen LogP contribution is 2.28. The zero-order valence-corrected chi connectivity index (χ0v) is 15.8. The molecule has 0 N–H and O–H groups in total. The number of hydrogen-bond acceptors (Lipinski definition) is 2. The van der Waals surface area contributed by atoms with E-state index >= 15 is 0 Å². The summed E-state index contributed by atoms with van der Waals surface area (Å²) in [6, 6.07) is 20.8. The molecule has 3 aromatic carbocycles. The summed E-state index contributed by atoms with van der Waals surface area (Å²) in [4.78, 5) is 19.3. The molecule has 1 aliphatic rings. The average Bonchev–Trinajstić information content (AvgIpc) is 3.01. The Morgan fingerprint density at radius 3 is 2.21 bits per heavy atom. The minimum Gasteiger partial charge on any atom is -0.266 e. The summed E-state index contributed by atoms with van der Waals surface area (Å²) >= 11 is 6.00. The van der Waals surface area contributed by atoms with E-state index in [1.165, 1.54) is 12.1 Å². The highest BCUT2D eigenvalue weighted by molar-refractivity contribution is 6.34. The molecule has 0 radical (unpaired) electrons. The third-order valence-corrected chi connectivity index (χ3v) is 4.68. The molecule has 0 spiro atoms. The van der Waals surface area contributed by atoms with Crippen molar-refractivity contribution >= 4 is 35.1 Å². The van der Waals surface area contributed by atoms with Crippen LogP contribution in [0.25, 0.3) is 6.08 Å². The van der Waals surface area contributed by atoms with Crippen molar-refractivity contribution in [3.63, 3.8) is 0 Å². The van der Waals surface area contributed by atoms with Crippen molar-refractivity contribution in [2.24, 2.45) is 4.99 Å². The molecule has 0 aliphatic carbocycles. The van der Waals surface area contributed by atoms with Crippen LogP contribution in [0.4, 0.5) is 10.1 Å². The van der Waals surface area contributed by atoms with Gasteiger partial charge in [0.15, 0.2) is 0 Å². The molecule has 0 saturated carbocycles. The molecule has 3 nitrogen and oxygen atoms in total. The number of aliphatic imine (C=N–C) groups is 1. The molecule has 0 atom stereocenters. The zero-order chi connectivity index (χ0) is 19.7. The van der Waals surface area contributed by atoms with Gasteiger partial charge < -0.3 is 0 Å². The van der Waals surface area contributed by atoms with Crippen LogP contribution in [0, 0.1) is 12.7 Å². The van der Waals surface area contributed by atoms with E-state index in [-0.39, 0.29) is 17.4 Å². The van der Waals surface area contributed by atoms with Gasteiger partial charge in [0.2, 0.25) is 0 Å². The van der Waals surface area contributed by atoms with E-state index in [1.54, 1.807) is 35.2 Å². The molecule has 1 aliphatic heterocycles. The Morgan fingerprint density at radius 2 is 1.57 bits per heavy atom. The molecule has 0 unspecified atom stereocenters. The maximum atomic E-state index is 13.2. The lowest BCUT2D eigenvalue weighted by Gasteiger charge is -2.18. The van der Waals surface area contributed by atoms with Gasteiger partial charge in [0.05, 0.1) is 5.69 Å². The number of amides is 1. The lowest BCUT2D eigenvalue weighted by atomic mass is 10.1. The number of benzene rings is 3. The number of anilines is 1. The molecular formula is C23H16ClFN2O. The Kier molecular flexibility index (Phi) is 4.80. The molecular weight excluding hydrogens is 375 g/mol. The van der Waals surface area contributed by atoms with Gasteiger partial charge in [0.1, 0.15) is 17.3 Å². The Bertz CT molecular complexity index is 1080. The summed E-state index contributed by atoms with van der Waals surface area (Å²) in [5.41, 5.74) is 3.60. The van der Waals surface area contributed by atoms with E-state index in [0.29, 0.717) is 16.4 Å². The van der Waals surface area contributed by atoms with E-state index in [1.807, 2.05) is 43.3 Å². The van der Waals surface area contributed by atoms with E-state index in [2.05, 4.69) is 4.99 Å². The normalized spacial score (nSPS) is 15.2. The highest BCUT2D eigenvalue weighted by Gasteiger charge is 2.32. The Morgan fingerprint density at radius 1 is 0.929 bits per heavy atom. The molecule has 0 saturated heterocycles. The topological polar surface area (TPSA) is 32.7 Å². The first-order chi connectivity index (χ1) is 13.5. The predicted octanol–water partition coefficient (Wildman–Crippen LogP) is 5.62. The molecule has 4 rings (SSSR count). The molecule has 0 bridgehead atoms. The van der Waals surface area contributed by atoms with Gasteiger partial charge in [-0.25, -0.2) is 9.38 Å². The Hall–Kier alpha value is -3.24. The van der Waals surface area contributed by atoms with Crippen molar-refractivity contribution in [3.8, 4) is 0 Å². The quantitative estimate of drug-likeness (QED) is 0.534. The fraction of sp³-hybridized carbons (Fsp3) is 0.0435. The number of carbonyl (C=O) groups is 1. The standard InChI is InChI=1S/C23H16ClFN2O/c1-15-2-12-20(13-3-15)27-22(17-6-8-18(24)9-7-17)26-21(23(27)28)14-16-4-10-19(25)11-5-16/h2-14H,1H3/b21-14+. The first-order valence-corrected chi connectivity index (χ1v) is 9.12. The summed E-state index contributed by atoms with van der Waals surface area (Å²) in [6.07, 6.45) is 1.66. The number of hydrogen-bond donors (Lipinski definition) is 0. The SMILES string of the molecule is Cc1ccc(N2C(=O)/C(=C\c3ccc(F)cc3)N=C2c2ccc(Cl)cc2)cc1. The fourth-order valence-electron chi connectivity index (χ4n) is 2.96.